The van der Waals surface area contributed by atoms with Crippen molar-refractivity contribution < 1.29 is 24.0 Å². The van der Waals surface area contributed by atoms with Crippen LogP contribution in [0.25, 0.3) is 10.9 Å². The monoisotopic (exact) mass is 391 g/mol. The summed E-state index contributed by atoms with van der Waals surface area (Å²) < 4.78 is 21.1. The molecular weight excluding hydrogens is 368 g/mol. The molecule has 2 heterocycles. The molecule has 1 aliphatic rings. The first-order valence-corrected chi connectivity index (χ1v) is 9.11. The lowest BCUT2D eigenvalue weighted by molar-refractivity contribution is 0.0187. The normalized spacial score (nSPS) is 15.7. The minimum atomic E-state index is -1.85. The molecule has 1 saturated heterocycles. The van der Waals surface area contributed by atoms with E-state index in [9.17, 15) is 24.0 Å². The van der Waals surface area contributed by atoms with Gasteiger partial charge in [-0.2, -0.15) is 0 Å². The fourth-order valence-electron chi connectivity index (χ4n) is 3.29. The lowest BCUT2D eigenvalue weighted by Gasteiger charge is -2.34. The van der Waals surface area contributed by atoms with E-state index in [-0.39, 0.29) is 22.4 Å². The van der Waals surface area contributed by atoms with E-state index in [2.05, 4.69) is 4.98 Å². The van der Waals surface area contributed by atoms with Gasteiger partial charge in [0.05, 0.1) is 11.8 Å². The zero-order chi connectivity index (χ0) is 20.6. The first-order valence-electron chi connectivity index (χ1n) is 9.11. The summed E-state index contributed by atoms with van der Waals surface area (Å²) in [5.41, 5.74) is -1.11. The van der Waals surface area contributed by atoms with Gasteiger partial charge >= 0.3 is 13.2 Å². The molecule has 0 bridgehead atoms. The number of hydrogen-bond donors (Lipinski definition) is 2. The van der Waals surface area contributed by atoms with Crippen LogP contribution >= 0.6 is 0 Å². The standard InChI is InChI=1S/C18H23BFN3O5/c1-18(2,3)28-17(25)22-6-4-12(5-7-22)23-10-21-14-9-11(19(26)27)8-13(20)15(14)16(23)24/h8-10,12,26-27H,4-7H2,1-3H3. The van der Waals surface area contributed by atoms with Crippen molar-refractivity contribution in [2.75, 3.05) is 13.1 Å². The number of hydrogen-bond acceptors (Lipinski definition) is 6. The molecular formula is C18H23BFN3O5. The Morgan fingerprint density at radius 3 is 2.50 bits per heavy atom. The van der Waals surface area contributed by atoms with Crippen LogP contribution < -0.4 is 11.0 Å². The number of piperidine rings is 1. The van der Waals surface area contributed by atoms with Gasteiger partial charge in [0.1, 0.15) is 16.8 Å². The van der Waals surface area contributed by atoms with Gasteiger partial charge in [-0.15, -0.1) is 0 Å². The van der Waals surface area contributed by atoms with Crippen LogP contribution in [0.3, 0.4) is 0 Å². The summed E-state index contributed by atoms with van der Waals surface area (Å²) in [5.74, 6) is -0.848. The molecule has 8 nitrogen and oxygen atoms in total. The van der Waals surface area contributed by atoms with E-state index >= 15 is 0 Å². The average Bonchev–Trinajstić information content (AvgIpc) is 2.60. The number of rotatable bonds is 2. The largest absolute Gasteiger partial charge is 0.488 e. The molecule has 1 fully saturated rings. The Bertz CT molecular complexity index is 949. The quantitative estimate of drug-likeness (QED) is 0.734. The predicted molar refractivity (Wildman–Crippen MR) is 102 cm³/mol. The number of ether oxygens (including phenoxy) is 1. The molecule has 2 N–H and O–H groups in total. The highest BCUT2D eigenvalue weighted by molar-refractivity contribution is 6.58. The van der Waals surface area contributed by atoms with Gasteiger partial charge in [0.2, 0.25) is 0 Å². The van der Waals surface area contributed by atoms with E-state index in [0.717, 1.165) is 6.07 Å². The molecule has 1 aromatic carbocycles. The Morgan fingerprint density at radius 2 is 1.93 bits per heavy atom. The Morgan fingerprint density at radius 1 is 1.29 bits per heavy atom. The number of carbonyl (C=O) groups is 1. The summed E-state index contributed by atoms with van der Waals surface area (Å²) in [6.45, 7) is 6.24. The molecule has 1 aliphatic heterocycles. The summed E-state index contributed by atoms with van der Waals surface area (Å²) in [6.07, 6.45) is 1.98. The van der Waals surface area contributed by atoms with Gasteiger partial charge in [-0.05, 0) is 51.2 Å². The minimum absolute atomic E-state index is 0.0653. The van der Waals surface area contributed by atoms with Gasteiger partial charge in [0, 0.05) is 19.1 Å². The van der Waals surface area contributed by atoms with E-state index in [0.29, 0.717) is 25.9 Å². The van der Waals surface area contributed by atoms with Crippen molar-refractivity contribution in [2.24, 2.45) is 0 Å². The SMILES string of the molecule is CC(C)(C)OC(=O)N1CCC(n2cnc3cc(B(O)O)cc(F)c3c2=O)CC1. The predicted octanol–water partition coefficient (Wildman–Crippen LogP) is 0.787. The Balaban J connectivity index is 1.81. The van der Waals surface area contributed by atoms with Crippen molar-refractivity contribution in [3.8, 4) is 0 Å². The molecule has 0 spiro atoms. The van der Waals surface area contributed by atoms with Crippen LogP contribution in [-0.2, 0) is 4.74 Å². The Hall–Kier alpha value is -2.46. The van der Waals surface area contributed by atoms with Crippen molar-refractivity contribution in [1.82, 2.24) is 14.5 Å². The molecule has 1 amide bonds. The van der Waals surface area contributed by atoms with Crippen LogP contribution in [0.5, 0.6) is 0 Å². The summed E-state index contributed by atoms with van der Waals surface area (Å²) >= 11 is 0. The third-order valence-corrected chi connectivity index (χ3v) is 4.67. The second-order valence-electron chi connectivity index (χ2n) is 7.93. The number of benzene rings is 1. The van der Waals surface area contributed by atoms with Crippen LogP contribution in [0, 0.1) is 5.82 Å². The molecule has 0 saturated carbocycles. The maximum atomic E-state index is 14.4. The number of aromatic nitrogens is 2. The van der Waals surface area contributed by atoms with Crippen molar-refractivity contribution in [2.45, 2.75) is 45.3 Å². The molecule has 2 aromatic rings. The number of amides is 1. The van der Waals surface area contributed by atoms with Crippen LogP contribution in [0.4, 0.5) is 9.18 Å². The van der Waals surface area contributed by atoms with Gasteiger partial charge in [-0.3, -0.25) is 9.36 Å². The van der Waals surface area contributed by atoms with E-state index in [1.54, 1.807) is 25.7 Å². The zero-order valence-corrected chi connectivity index (χ0v) is 16.1. The Labute approximate surface area is 161 Å². The molecule has 0 aliphatic carbocycles. The highest BCUT2D eigenvalue weighted by atomic mass is 19.1. The zero-order valence-electron chi connectivity index (χ0n) is 16.1. The fraction of sp³-hybridized carbons (Fsp3) is 0.500. The molecule has 0 radical (unpaired) electrons. The third-order valence-electron chi connectivity index (χ3n) is 4.67. The summed E-state index contributed by atoms with van der Waals surface area (Å²) in [4.78, 5) is 30.7. The second-order valence-corrected chi connectivity index (χ2v) is 7.93. The van der Waals surface area contributed by atoms with Gasteiger partial charge in [0.15, 0.2) is 0 Å². The highest BCUT2D eigenvalue weighted by Crippen LogP contribution is 2.23. The molecule has 0 atom stereocenters. The molecule has 10 heteroatoms. The number of carbonyl (C=O) groups excluding carboxylic acids is 1. The van der Waals surface area contributed by atoms with Crippen molar-refractivity contribution >= 4 is 29.6 Å². The maximum Gasteiger partial charge on any atom is 0.488 e. The maximum absolute atomic E-state index is 14.4. The average molecular weight is 391 g/mol. The van der Waals surface area contributed by atoms with Gasteiger partial charge in [0.25, 0.3) is 5.56 Å². The highest BCUT2D eigenvalue weighted by Gasteiger charge is 2.28. The van der Waals surface area contributed by atoms with Gasteiger partial charge in [-0.1, -0.05) is 0 Å². The fourth-order valence-corrected chi connectivity index (χ4v) is 3.29. The summed E-state index contributed by atoms with van der Waals surface area (Å²) in [7, 11) is -1.85. The van der Waals surface area contributed by atoms with E-state index in [1.807, 2.05) is 0 Å². The molecule has 150 valence electrons. The van der Waals surface area contributed by atoms with E-state index in [1.165, 1.54) is 17.0 Å². The second kappa shape index (κ2) is 7.52. The van der Waals surface area contributed by atoms with Crippen molar-refractivity contribution in [3.63, 3.8) is 0 Å². The minimum Gasteiger partial charge on any atom is -0.444 e. The number of fused-ring (bicyclic) bond motifs is 1. The van der Waals surface area contributed by atoms with Gasteiger partial charge < -0.3 is 19.7 Å². The number of nitrogens with zero attached hydrogens (tertiary/aromatic N) is 3. The van der Waals surface area contributed by atoms with Crippen LogP contribution in [0.15, 0.2) is 23.3 Å². The molecule has 0 unspecified atom stereocenters. The topological polar surface area (TPSA) is 105 Å². The third kappa shape index (κ3) is 4.17. The van der Waals surface area contributed by atoms with E-state index in [4.69, 9.17) is 4.74 Å². The summed E-state index contributed by atoms with van der Waals surface area (Å²) in [6, 6.07) is 1.98. The molecule has 3 rings (SSSR count). The van der Waals surface area contributed by atoms with Crippen molar-refractivity contribution in [1.29, 1.82) is 0 Å². The van der Waals surface area contributed by atoms with E-state index < -0.39 is 30.2 Å². The van der Waals surface area contributed by atoms with Gasteiger partial charge in [-0.25, -0.2) is 14.2 Å². The first-order chi connectivity index (χ1) is 13.1. The first kappa shape index (κ1) is 20.3. The lowest BCUT2D eigenvalue weighted by atomic mass is 9.80. The lowest BCUT2D eigenvalue weighted by Crippen LogP contribution is -2.43. The van der Waals surface area contributed by atoms with Crippen LogP contribution in [0.1, 0.15) is 39.7 Å². The molecule has 28 heavy (non-hydrogen) atoms. The van der Waals surface area contributed by atoms with Crippen molar-refractivity contribution in [3.05, 3.63) is 34.6 Å². The smallest absolute Gasteiger partial charge is 0.444 e. The number of likely N-dealkylation sites (tertiary alicyclic amines) is 1. The summed E-state index contributed by atoms with van der Waals surface area (Å²) in [5, 5.41) is 18.2. The van der Waals surface area contributed by atoms with Crippen LogP contribution in [-0.4, -0.2) is 56.4 Å². The Kier molecular flexibility index (Phi) is 5.45. The number of halogens is 1. The molecule has 1 aromatic heterocycles. The van der Waals surface area contributed by atoms with Crippen LogP contribution in [0.2, 0.25) is 0 Å².